The third-order valence-electron chi connectivity index (χ3n) is 15.5. The lowest BCUT2D eigenvalue weighted by atomic mass is 10.0. The molecule has 0 fully saturated rings. The molecule has 0 aromatic rings. The Kier molecular flexibility index (Phi) is 62.9. The minimum Gasteiger partial charge on any atom is -0.462 e. The fourth-order valence-electron chi connectivity index (χ4n) is 10.2. The molecule has 3 atom stereocenters. The lowest BCUT2D eigenvalue weighted by Crippen LogP contribution is -2.30. The number of rotatable bonds is 66. The maximum absolute atomic E-state index is 13.0. The maximum atomic E-state index is 13.0. The van der Waals surface area contributed by atoms with E-state index in [1.165, 1.54) is 225 Å². The number of carbonyl (C=O) groups excluding carboxylic acids is 3. The number of unbranched alkanes of at least 4 members (excludes halogenated alkanes) is 43. The molecule has 0 radical (unpaired) electrons. The minimum absolute atomic E-state index is 0.166. The Labute approximate surface area is 505 Å². The summed E-state index contributed by atoms with van der Waals surface area (Å²) in [5.41, 5.74) is 0. The number of allylic oxidation sites excluding steroid dienone is 6. The Hall–Kier alpha value is -2.30. The molecule has 0 saturated heterocycles. The molecule has 0 aliphatic heterocycles. The Morgan fingerprint density at radius 1 is 0.341 bits per heavy atom. The SMILES string of the molecule is CCCCC/C=C\C/C=C\CCCCCCCCCCCC(=O)OC(COC(=O)CCCCCCCCCCC/C=C\CCCCCCCC)COP(=O)(O)OCC(CO)OC(=O)CCCCCCCCCCCCCCCCCCC. The zero-order valence-corrected chi connectivity index (χ0v) is 54.6. The van der Waals surface area contributed by atoms with Crippen LogP contribution in [-0.2, 0) is 42.2 Å². The van der Waals surface area contributed by atoms with Gasteiger partial charge in [-0.3, -0.25) is 23.4 Å². The van der Waals surface area contributed by atoms with Crippen molar-refractivity contribution in [3.63, 3.8) is 0 Å². The molecule has 0 aliphatic rings. The van der Waals surface area contributed by atoms with Crippen molar-refractivity contribution in [2.45, 2.75) is 367 Å². The lowest BCUT2D eigenvalue weighted by molar-refractivity contribution is -0.161. The van der Waals surface area contributed by atoms with E-state index in [0.29, 0.717) is 19.3 Å². The number of aliphatic hydroxyl groups excluding tert-OH is 1. The second-order valence-corrected chi connectivity index (χ2v) is 25.2. The summed E-state index contributed by atoms with van der Waals surface area (Å²) in [5.74, 6) is -1.44. The number of phosphoric acid groups is 1. The number of ether oxygens (including phenoxy) is 3. The Morgan fingerprint density at radius 2 is 0.598 bits per heavy atom. The summed E-state index contributed by atoms with van der Waals surface area (Å²) in [6, 6.07) is 0. The van der Waals surface area contributed by atoms with Crippen molar-refractivity contribution in [1.29, 1.82) is 0 Å². The zero-order valence-electron chi connectivity index (χ0n) is 53.7. The molecule has 12 heteroatoms. The number of hydrogen-bond donors (Lipinski definition) is 2. The maximum Gasteiger partial charge on any atom is 0.472 e. The van der Waals surface area contributed by atoms with Crippen LogP contribution >= 0.6 is 7.82 Å². The first-order chi connectivity index (χ1) is 40.2. The highest BCUT2D eigenvalue weighted by atomic mass is 31.2. The van der Waals surface area contributed by atoms with E-state index in [2.05, 4.69) is 57.2 Å². The smallest absolute Gasteiger partial charge is 0.462 e. The van der Waals surface area contributed by atoms with Gasteiger partial charge in [-0.05, 0) is 77.0 Å². The molecule has 0 rings (SSSR count). The van der Waals surface area contributed by atoms with Gasteiger partial charge in [-0.15, -0.1) is 0 Å². The van der Waals surface area contributed by atoms with E-state index in [-0.39, 0.29) is 25.9 Å². The van der Waals surface area contributed by atoms with Crippen LogP contribution in [0.2, 0.25) is 0 Å². The van der Waals surface area contributed by atoms with Gasteiger partial charge in [-0.2, -0.15) is 0 Å². The quantitative estimate of drug-likeness (QED) is 0.0197. The Morgan fingerprint density at radius 3 is 0.939 bits per heavy atom. The predicted octanol–water partition coefficient (Wildman–Crippen LogP) is 21.5. The van der Waals surface area contributed by atoms with Gasteiger partial charge < -0.3 is 24.2 Å². The number of carbonyl (C=O) groups is 3. The van der Waals surface area contributed by atoms with Gasteiger partial charge in [0.05, 0.1) is 19.8 Å². The van der Waals surface area contributed by atoms with Gasteiger partial charge >= 0.3 is 25.7 Å². The van der Waals surface area contributed by atoms with Crippen LogP contribution < -0.4 is 0 Å². The summed E-state index contributed by atoms with van der Waals surface area (Å²) in [6.45, 7) is 4.70. The molecule has 3 unspecified atom stereocenters. The molecule has 0 heterocycles. The number of phosphoric ester groups is 1. The van der Waals surface area contributed by atoms with Gasteiger partial charge in [0.25, 0.3) is 0 Å². The van der Waals surface area contributed by atoms with Crippen molar-refractivity contribution < 1.29 is 52.2 Å². The molecule has 82 heavy (non-hydrogen) atoms. The van der Waals surface area contributed by atoms with Gasteiger partial charge in [0.15, 0.2) is 6.10 Å². The molecule has 0 aromatic carbocycles. The highest BCUT2D eigenvalue weighted by molar-refractivity contribution is 7.47. The first-order valence-electron chi connectivity index (χ1n) is 34.9. The molecule has 0 aromatic heterocycles. The van der Waals surface area contributed by atoms with Crippen LogP contribution in [0.3, 0.4) is 0 Å². The Bertz CT molecular complexity index is 1520. The third-order valence-corrected chi connectivity index (χ3v) is 16.5. The van der Waals surface area contributed by atoms with Crippen LogP contribution in [0.5, 0.6) is 0 Å². The summed E-state index contributed by atoms with van der Waals surface area (Å²) >= 11 is 0. The second-order valence-electron chi connectivity index (χ2n) is 23.7. The molecule has 11 nitrogen and oxygen atoms in total. The van der Waals surface area contributed by atoms with Crippen molar-refractivity contribution in [2.24, 2.45) is 0 Å². The number of esters is 3. The van der Waals surface area contributed by atoms with Crippen molar-refractivity contribution in [3.05, 3.63) is 36.5 Å². The largest absolute Gasteiger partial charge is 0.472 e. The van der Waals surface area contributed by atoms with Gasteiger partial charge in [-0.1, -0.05) is 295 Å². The van der Waals surface area contributed by atoms with E-state index in [4.69, 9.17) is 23.3 Å². The third kappa shape index (κ3) is 62.2. The molecule has 0 amide bonds. The summed E-state index contributed by atoms with van der Waals surface area (Å²) in [7, 11) is -4.75. The average Bonchev–Trinajstić information content (AvgIpc) is 3.50. The van der Waals surface area contributed by atoms with Crippen LogP contribution in [0.25, 0.3) is 0 Å². The second kappa shape index (κ2) is 64.7. The fourth-order valence-corrected chi connectivity index (χ4v) is 11.0. The summed E-state index contributed by atoms with van der Waals surface area (Å²) < 4.78 is 39.8. The van der Waals surface area contributed by atoms with Gasteiger partial charge in [0.1, 0.15) is 12.7 Å². The molecule has 2 N–H and O–H groups in total. The van der Waals surface area contributed by atoms with Crippen molar-refractivity contribution in [1.82, 2.24) is 0 Å². The monoisotopic (exact) mass is 1180 g/mol. The van der Waals surface area contributed by atoms with Crippen molar-refractivity contribution in [3.8, 4) is 0 Å². The molecule has 0 bridgehead atoms. The molecule has 0 saturated carbocycles. The van der Waals surface area contributed by atoms with Crippen LogP contribution in [0.4, 0.5) is 0 Å². The topological polar surface area (TPSA) is 155 Å². The van der Waals surface area contributed by atoms with Crippen LogP contribution in [0, 0.1) is 0 Å². The first kappa shape index (κ1) is 79.7. The average molecular weight is 1180 g/mol. The van der Waals surface area contributed by atoms with E-state index < -0.39 is 57.8 Å². The van der Waals surface area contributed by atoms with E-state index in [9.17, 15) is 28.9 Å². The lowest BCUT2D eigenvalue weighted by Gasteiger charge is -2.21. The standard InChI is InChI=1S/C70H131O11P/c1-4-7-10-13-16-19-22-25-28-31-33-36-38-41-44-47-50-53-56-59-68(72)77-63-67(81-70(74)61-58-55-52-49-46-43-40-37-34-32-29-26-23-20-17-14-11-8-5-2)65-79-82(75,76)78-64-66(62-71)80-69(73)60-57-54-51-48-45-42-39-35-30-27-24-21-18-15-12-9-6-3/h17,20,25-26,28-29,66-67,71H,4-16,18-19,21-24,27,30-65H2,1-3H3,(H,75,76)/b20-17-,28-25-,29-26-. The normalized spacial score (nSPS) is 13.4. The van der Waals surface area contributed by atoms with Gasteiger partial charge in [-0.25, -0.2) is 4.57 Å². The van der Waals surface area contributed by atoms with Crippen LogP contribution in [-0.4, -0.2) is 66.5 Å². The first-order valence-corrected chi connectivity index (χ1v) is 36.4. The zero-order chi connectivity index (χ0) is 59.8. The van der Waals surface area contributed by atoms with Crippen LogP contribution in [0.15, 0.2) is 36.5 Å². The molecule has 482 valence electrons. The van der Waals surface area contributed by atoms with Crippen LogP contribution in [0.1, 0.15) is 355 Å². The Balaban J connectivity index is 4.65. The van der Waals surface area contributed by atoms with Crippen molar-refractivity contribution in [2.75, 3.05) is 26.4 Å². The number of hydrogen-bond acceptors (Lipinski definition) is 10. The molecule has 0 aliphatic carbocycles. The predicted molar refractivity (Wildman–Crippen MR) is 344 cm³/mol. The summed E-state index contributed by atoms with van der Waals surface area (Å²) in [5, 5.41) is 9.88. The molecule has 0 spiro atoms. The fraction of sp³-hybridized carbons (Fsp3) is 0.871. The number of aliphatic hydroxyl groups is 1. The molecular formula is C70H131O11P. The highest BCUT2D eigenvalue weighted by Gasteiger charge is 2.28. The molecular weight excluding hydrogens is 1050 g/mol. The van der Waals surface area contributed by atoms with E-state index in [1.54, 1.807) is 0 Å². The van der Waals surface area contributed by atoms with Crippen molar-refractivity contribution >= 4 is 25.7 Å². The summed E-state index contributed by atoms with van der Waals surface area (Å²) in [6.07, 6.45) is 70.9. The highest BCUT2D eigenvalue weighted by Crippen LogP contribution is 2.43. The van der Waals surface area contributed by atoms with Gasteiger partial charge in [0, 0.05) is 19.3 Å². The minimum atomic E-state index is -4.75. The van der Waals surface area contributed by atoms with E-state index in [0.717, 1.165) is 70.6 Å². The van der Waals surface area contributed by atoms with E-state index in [1.807, 2.05) is 0 Å². The van der Waals surface area contributed by atoms with E-state index >= 15 is 0 Å². The van der Waals surface area contributed by atoms with Gasteiger partial charge in [0.2, 0.25) is 0 Å². The summed E-state index contributed by atoms with van der Waals surface area (Å²) in [4.78, 5) is 48.9.